The summed E-state index contributed by atoms with van der Waals surface area (Å²) in [4.78, 5) is 12.2. The summed E-state index contributed by atoms with van der Waals surface area (Å²) in [5.41, 5.74) is 0.294. The third-order valence-corrected chi connectivity index (χ3v) is 2.58. The van der Waals surface area contributed by atoms with Crippen LogP contribution in [0.25, 0.3) is 0 Å². The van der Waals surface area contributed by atoms with Crippen LogP contribution in [0.3, 0.4) is 0 Å². The largest absolute Gasteiger partial charge is 0.496 e. The first kappa shape index (κ1) is 15.3. The molecule has 1 aromatic rings. The molecule has 19 heavy (non-hydrogen) atoms. The Bertz CT molecular complexity index is 399. The third kappa shape index (κ3) is 3.84. The number of hydrogen-bond donors (Lipinski definition) is 2. The maximum absolute atomic E-state index is 12.2. The number of hydrogen-bond acceptors (Lipinski definition) is 5. The van der Waals surface area contributed by atoms with Crippen molar-refractivity contribution in [2.24, 2.45) is 0 Å². The molecule has 1 amide bonds. The highest BCUT2D eigenvalue weighted by atomic mass is 16.5. The van der Waals surface area contributed by atoms with E-state index in [0.717, 1.165) is 0 Å². The average molecular weight is 269 g/mol. The molecular formula is C13H19NO5. The van der Waals surface area contributed by atoms with Crippen LogP contribution in [-0.2, 0) is 4.74 Å². The molecule has 0 bridgehead atoms. The number of aliphatic hydroxyl groups excluding tert-OH is 1. The van der Waals surface area contributed by atoms with Crippen molar-refractivity contribution in [2.45, 2.75) is 6.04 Å². The summed E-state index contributed by atoms with van der Waals surface area (Å²) in [6.45, 7) is 0.0107. The van der Waals surface area contributed by atoms with Gasteiger partial charge in [-0.15, -0.1) is 0 Å². The van der Waals surface area contributed by atoms with Gasteiger partial charge in [-0.2, -0.15) is 0 Å². The first-order chi connectivity index (χ1) is 9.17. The van der Waals surface area contributed by atoms with E-state index < -0.39 is 6.04 Å². The van der Waals surface area contributed by atoms with Crippen molar-refractivity contribution in [3.05, 3.63) is 23.8 Å². The fraction of sp³-hybridized carbons (Fsp3) is 0.462. The lowest BCUT2D eigenvalue weighted by Crippen LogP contribution is -2.40. The summed E-state index contributed by atoms with van der Waals surface area (Å²) in [7, 11) is 4.45. The highest BCUT2D eigenvalue weighted by Crippen LogP contribution is 2.27. The zero-order valence-corrected chi connectivity index (χ0v) is 11.3. The zero-order chi connectivity index (χ0) is 14.3. The summed E-state index contributed by atoms with van der Waals surface area (Å²) in [5, 5.41) is 11.8. The van der Waals surface area contributed by atoms with Crippen molar-refractivity contribution >= 4 is 5.91 Å². The maximum Gasteiger partial charge on any atom is 0.259 e. The van der Waals surface area contributed by atoms with E-state index in [1.807, 2.05) is 0 Å². The Hall–Kier alpha value is -1.79. The van der Waals surface area contributed by atoms with Gasteiger partial charge in [-0.05, 0) is 12.1 Å². The SMILES string of the molecule is COCC(CO)NC(=O)c1c(OC)cccc1OC. The van der Waals surface area contributed by atoms with E-state index in [4.69, 9.17) is 19.3 Å². The summed E-state index contributed by atoms with van der Waals surface area (Å²) in [5.74, 6) is 0.433. The van der Waals surface area contributed by atoms with Crippen LogP contribution in [0.1, 0.15) is 10.4 Å². The Kier molecular flexibility index (Phi) is 6.11. The molecule has 0 heterocycles. The number of amides is 1. The number of carbonyl (C=O) groups is 1. The van der Waals surface area contributed by atoms with Gasteiger partial charge in [0.15, 0.2) is 0 Å². The van der Waals surface area contributed by atoms with Gasteiger partial charge in [-0.1, -0.05) is 6.07 Å². The van der Waals surface area contributed by atoms with E-state index in [2.05, 4.69) is 5.32 Å². The van der Waals surface area contributed by atoms with Crippen molar-refractivity contribution in [1.29, 1.82) is 0 Å². The fourth-order valence-corrected chi connectivity index (χ4v) is 1.67. The van der Waals surface area contributed by atoms with Crippen LogP contribution in [0, 0.1) is 0 Å². The topological polar surface area (TPSA) is 77.0 Å². The monoisotopic (exact) mass is 269 g/mol. The number of rotatable bonds is 7. The number of benzene rings is 1. The van der Waals surface area contributed by atoms with Crippen molar-refractivity contribution in [1.82, 2.24) is 5.32 Å². The van der Waals surface area contributed by atoms with E-state index in [-0.39, 0.29) is 19.1 Å². The molecule has 6 nitrogen and oxygen atoms in total. The van der Waals surface area contributed by atoms with Crippen molar-refractivity contribution in [3.63, 3.8) is 0 Å². The normalized spacial score (nSPS) is 11.8. The highest BCUT2D eigenvalue weighted by Gasteiger charge is 2.20. The van der Waals surface area contributed by atoms with Crippen molar-refractivity contribution in [2.75, 3.05) is 34.5 Å². The minimum absolute atomic E-state index is 0.211. The molecule has 1 rings (SSSR count). The Morgan fingerprint density at radius 2 is 1.84 bits per heavy atom. The summed E-state index contributed by atoms with van der Waals surface area (Å²) >= 11 is 0. The van der Waals surface area contributed by atoms with E-state index in [9.17, 15) is 4.79 Å². The first-order valence-electron chi connectivity index (χ1n) is 5.79. The zero-order valence-electron chi connectivity index (χ0n) is 11.3. The molecule has 0 aliphatic rings. The van der Waals surface area contributed by atoms with E-state index in [1.54, 1.807) is 18.2 Å². The van der Waals surface area contributed by atoms with Crippen LogP contribution in [0.5, 0.6) is 11.5 Å². The van der Waals surface area contributed by atoms with Crippen LogP contribution in [0.15, 0.2) is 18.2 Å². The summed E-state index contributed by atoms with van der Waals surface area (Å²) < 4.78 is 15.2. The maximum atomic E-state index is 12.2. The standard InChI is InChI=1S/C13H19NO5/c1-17-8-9(7-15)14-13(16)12-10(18-2)5-4-6-11(12)19-3/h4-6,9,15H,7-8H2,1-3H3,(H,14,16). The number of nitrogens with one attached hydrogen (secondary N) is 1. The van der Waals surface area contributed by atoms with Gasteiger partial charge in [0.25, 0.3) is 5.91 Å². The molecule has 0 radical (unpaired) electrons. The second kappa shape index (κ2) is 7.60. The van der Waals surface area contributed by atoms with Gasteiger partial charge in [0.05, 0.1) is 33.5 Å². The van der Waals surface area contributed by atoms with Gasteiger partial charge in [0, 0.05) is 7.11 Å². The molecule has 1 unspecified atom stereocenters. The number of methoxy groups -OCH3 is 3. The molecule has 106 valence electrons. The lowest BCUT2D eigenvalue weighted by atomic mass is 10.1. The van der Waals surface area contributed by atoms with Gasteiger partial charge in [0.1, 0.15) is 17.1 Å². The minimum Gasteiger partial charge on any atom is -0.496 e. The van der Waals surface area contributed by atoms with Gasteiger partial charge in [-0.25, -0.2) is 0 Å². The van der Waals surface area contributed by atoms with Crippen LogP contribution in [0.4, 0.5) is 0 Å². The predicted molar refractivity (Wildman–Crippen MR) is 69.8 cm³/mol. The van der Waals surface area contributed by atoms with Gasteiger partial charge in [-0.3, -0.25) is 4.79 Å². The second-order valence-corrected chi connectivity index (χ2v) is 3.85. The molecule has 0 saturated heterocycles. The van der Waals surface area contributed by atoms with Crippen LogP contribution < -0.4 is 14.8 Å². The number of ether oxygens (including phenoxy) is 3. The third-order valence-electron chi connectivity index (χ3n) is 2.58. The predicted octanol–water partition coefficient (Wildman–Crippen LogP) is 0.441. The van der Waals surface area contributed by atoms with E-state index >= 15 is 0 Å². The van der Waals surface area contributed by atoms with Gasteiger partial charge in [0.2, 0.25) is 0 Å². The highest BCUT2D eigenvalue weighted by molar-refractivity contribution is 5.99. The van der Waals surface area contributed by atoms with Crippen LogP contribution in [0.2, 0.25) is 0 Å². The van der Waals surface area contributed by atoms with E-state index in [1.165, 1.54) is 21.3 Å². The fourth-order valence-electron chi connectivity index (χ4n) is 1.67. The summed E-state index contributed by atoms with van der Waals surface area (Å²) in [6.07, 6.45) is 0. The molecule has 6 heteroatoms. The second-order valence-electron chi connectivity index (χ2n) is 3.85. The Labute approximate surface area is 112 Å². The quantitative estimate of drug-likeness (QED) is 0.751. The molecule has 0 aliphatic carbocycles. The molecule has 0 saturated carbocycles. The smallest absolute Gasteiger partial charge is 0.259 e. The molecular weight excluding hydrogens is 250 g/mol. The number of aliphatic hydroxyl groups is 1. The average Bonchev–Trinajstić information content (AvgIpc) is 2.45. The lowest BCUT2D eigenvalue weighted by molar-refractivity contribution is 0.0834. The van der Waals surface area contributed by atoms with Crippen molar-refractivity contribution in [3.8, 4) is 11.5 Å². The van der Waals surface area contributed by atoms with E-state index in [0.29, 0.717) is 17.1 Å². The molecule has 1 atom stereocenters. The van der Waals surface area contributed by atoms with Crippen LogP contribution >= 0.6 is 0 Å². The lowest BCUT2D eigenvalue weighted by Gasteiger charge is -2.17. The Morgan fingerprint density at radius 3 is 2.26 bits per heavy atom. The molecule has 0 spiro atoms. The molecule has 0 aliphatic heterocycles. The van der Waals surface area contributed by atoms with Gasteiger partial charge >= 0.3 is 0 Å². The molecule has 1 aromatic carbocycles. The first-order valence-corrected chi connectivity index (χ1v) is 5.79. The Morgan fingerprint density at radius 1 is 1.26 bits per heavy atom. The van der Waals surface area contributed by atoms with Crippen molar-refractivity contribution < 1.29 is 24.1 Å². The minimum atomic E-state index is -0.480. The molecule has 0 aromatic heterocycles. The molecule has 0 fully saturated rings. The number of carbonyl (C=O) groups excluding carboxylic acids is 1. The molecule has 2 N–H and O–H groups in total. The van der Waals surface area contributed by atoms with Gasteiger partial charge < -0.3 is 24.6 Å². The van der Waals surface area contributed by atoms with Crippen LogP contribution in [-0.4, -0.2) is 51.6 Å². The Balaban J connectivity index is 2.97. The summed E-state index contributed by atoms with van der Waals surface area (Å²) in [6, 6.07) is 4.59.